The molecule has 2 atom stereocenters. The van der Waals surface area contributed by atoms with Gasteiger partial charge in [-0.3, -0.25) is 0 Å². The van der Waals surface area contributed by atoms with Crippen LogP contribution in [0.2, 0.25) is 0 Å². The Balaban J connectivity index is 2.29. The summed E-state index contributed by atoms with van der Waals surface area (Å²) in [6, 6.07) is 1.28. The van der Waals surface area contributed by atoms with Crippen LogP contribution in [-0.4, -0.2) is 43.2 Å². The van der Waals surface area contributed by atoms with Gasteiger partial charge in [-0.25, -0.2) is 0 Å². The fourth-order valence-corrected chi connectivity index (χ4v) is 1.98. The first-order valence-electron chi connectivity index (χ1n) is 4.78. The van der Waals surface area contributed by atoms with E-state index in [1.54, 1.807) is 0 Å². The van der Waals surface area contributed by atoms with Crippen molar-refractivity contribution in [1.82, 2.24) is 15.5 Å². The van der Waals surface area contributed by atoms with Crippen LogP contribution in [0.15, 0.2) is 0 Å². The molecule has 0 bridgehead atoms. The van der Waals surface area contributed by atoms with E-state index in [0.29, 0.717) is 6.04 Å². The van der Waals surface area contributed by atoms with Crippen molar-refractivity contribution in [3.8, 4) is 0 Å². The molecule has 1 fully saturated rings. The second kappa shape index (κ2) is 4.77. The first kappa shape index (κ1) is 10.7. The molecule has 76 valence electrons. The van der Waals surface area contributed by atoms with E-state index in [1.807, 2.05) is 7.05 Å². The van der Waals surface area contributed by atoms with Gasteiger partial charge in [-0.2, -0.15) is 0 Å². The maximum absolute atomic E-state index is 5.06. The molecule has 0 aromatic heterocycles. The fourth-order valence-electron chi connectivity index (χ4n) is 1.82. The van der Waals surface area contributed by atoms with Crippen LogP contribution in [0.4, 0.5) is 0 Å². The Labute approximate surface area is 85.9 Å². The predicted molar refractivity (Wildman–Crippen MR) is 59.9 cm³/mol. The lowest BCUT2D eigenvalue weighted by Gasteiger charge is -2.19. The highest BCUT2D eigenvalue weighted by molar-refractivity contribution is 7.80. The van der Waals surface area contributed by atoms with E-state index in [-0.39, 0.29) is 0 Å². The average molecular weight is 201 g/mol. The van der Waals surface area contributed by atoms with Crippen molar-refractivity contribution in [2.75, 3.05) is 21.1 Å². The zero-order valence-corrected chi connectivity index (χ0v) is 9.45. The zero-order chi connectivity index (χ0) is 9.84. The summed E-state index contributed by atoms with van der Waals surface area (Å²) in [5.74, 6) is 0. The van der Waals surface area contributed by atoms with Crippen molar-refractivity contribution in [2.45, 2.75) is 31.3 Å². The largest absolute Gasteiger partial charge is 0.366 e. The van der Waals surface area contributed by atoms with Crippen LogP contribution in [0.25, 0.3) is 0 Å². The van der Waals surface area contributed by atoms with E-state index in [1.165, 1.54) is 19.3 Å². The number of nitrogens with zero attached hydrogens (tertiary/aromatic N) is 1. The molecule has 0 heterocycles. The van der Waals surface area contributed by atoms with Crippen LogP contribution < -0.4 is 10.6 Å². The molecule has 0 amide bonds. The van der Waals surface area contributed by atoms with Gasteiger partial charge in [0.1, 0.15) is 0 Å². The Hall–Kier alpha value is -0.350. The molecule has 0 unspecified atom stereocenters. The quantitative estimate of drug-likeness (QED) is 0.639. The first-order valence-corrected chi connectivity index (χ1v) is 5.19. The molecule has 2 N–H and O–H groups in total. The molecule has 0 saturated heterocycles. The van der Waals surface area contributed by atoms with Crippen molar-refractivity contribution in [3.63, 3.8) is 0 Å². The van der Waals surface area contributed by atoms with Crippen molar-refractivity contribution in [3.05, 3.63) is 0 Å². The SMILES string of the molecule is CNC(=S)N[C@@H]1CC[C@H](N(C)C)C1. The van der Waals surface area contributed by atoms with Crippen LogP contribution in [-0.2, 0) is 0 Å². The Morgan fingerprint density at radius 1 is 1.38 bits per heavy atom. The predicted octanol–water partition coefficient (Wildman–Crippen LogP) is 0.563. The third kappa shape index (κ3) is 3.12. The lowest BCUT2D eigenvalue weighted by molar-refractivity contribution is 0.295. The highest BCUT2D eigenvalue weighted by Crippen LogP contribution is 2.22. The van der Waals surface area contributed by atoms with Gasteiger partial charge in [0.25, 0.3) is 0 Å². The number of nitrogens with one attached hydrogen (secondary N) is 2. The molecule has 0 spiro atoms. The van der Waals surface area contributed by atoms with Gasteiger partial charge in [0, 0.05) is 19.1 Å². The minimum absolute atomic E-state index is 0.562. The molecular formula is C9H19N3S. The summed E-state index contributed by atoms with van der Waals surface area (Å²) in [7, 11) is 6.14. The van der Waals surface area contributed by atoms with E-state index in [9.17, 15) is 0 Å². The van der Waals surface area contributed by atoms with E-state index >= 15 is 0 Å². The molecule has 1 aliphatic carbocycles. The number of hydrogen-bond acceptors (Lipinski definition) is 2. The second-order valence-corrected chi connectivity index (χ2v) is 4.26. The van der Waals surface area contributed by atoms with Gasteiger partial charge in [0.2, 0.25) is 0 Å². The van der Waals surface area contributed by atoms with Crippen LogP contribution in [0.1, 0.15) is 19.3 Å². The topological polar surface area (TPSA) is 27.3 Å². The molecule has 4 heteroatoms. The molecule has 0 aliphatic heterocycles. The Bertz CT molecular complexity index is 182. The van der Waals surface area contributed by atoms with E-state index < -0.39 is 0 Å². The van der Waals surface area contributed by atoms with Crippen LogP contribution in [0.3, 0.4) is 0 Å². The Morgan fingerprint density at radius 3 is 2.54 bits per heavy atom. The molecule has 0 aromatic carbocycles. The van der Waals surface area contributed by atoms with Crippen LogP contribution in [0, 0.1) is 0 Å². The molecule has 13 heavy (non-hydrogen) atoms. The molecule has 1 rings (SSSR count). The average Bonchev–Trinajstić information content (AvgIpc) is 2.52. The molecule has 3 nitrogen and oxygen atoms in total. The lowest BCUT2D eigenvalue weighted by Crippen LogP contribution is -2.39. The summed E-state index contributed by atoms with van der Waals surface area (Å²) < 4.78 is 0. The summed E-state index contributed by atoms with van der Waals surface area (Å²) in [5, 5.41) is 7.02. The number of rotatable bonds is 2. The van der Waals surface area contributed by atoms with Crippen molar-refractivity contribution < 1.29 is 0 Å². The summed E-state index contributed by atoms with van der Waals surface area (Å²) in [6.45, 7) is 0. The van der Waals surface area contributed by atoms with Gasteiger partial charge in [-0.05, 0) is 45.6 Å². The second-order valence-electron chi connectivity index (χ2n) is 3.85. The molecule has 1 saturated carbocycles. The maximum Gasteiger partial charge on any atom is 0.166 e. The lowest BCUT2D eigenvalue weighted by atomic mass is 10.2. The maximum atomic E-state index is 5.06. The van der Waals surface area contributed by atoms with Gasteiger partial charge in [-0.15, -0.1) is 0 Å². The smallest absolute Gasteiger partial charge is 0.166 e. The van der Waals surface area contributed by atoms with Gasteiger partial charge in [0.05, 0.1) is 0 Å². The fraction of sp³-hybridized carbons (Fsp3) is 0.889. The summed E-state index contributed by atoms with van der Waals surface area (Å²) >= 11 is 5.06. The monoisotopic (exact) mass is 201 g/mol. The van der Waals surface area contributed by atoms with Gasteiger partial charge < -0.3 is 15.5 Å². The standard InChI is InChI=1S/C9H19N3S/c1-10-9(13)11-7-4-5-8(6-7)12(2)3/h7-8H,4-6H2,1-3H3,(H2,10,11,13)/t7-,8+/m1/s1. The van der Waals surface area contributed by atoms with Crippen LogP contribution in [0.5, 0.6) is 0 Å². The van der Waals surface area contributed by atoms with Crippen molar-refractivity contribution in [2.24, 2.45) is 0 Å². The minimum Gasteiger partial charge on any atom is -0.366 e. The molecular weight excluding hydrogens is 182 g/mol. The molecule has 0 radical (unpaired) electrons. The van der Waals surface area contributed by atoms with Gasteiger partial charge in [-0.1, -0.05) is 0 Å². The third-order valence-electron chi connectivity index (χ3n) is 2.70. The van der Waals surface area contributed by atoms with E-state index in [4.69, 9.17) is 12.2 Å². The van der Waals surface area contributed by atoms with Crippen molar-refractivity contribution in [1.29, 1.82) is 0 Å². The van der Waals surface area contributed by atoms with Gasteiger partial charge >= 0.3 is 0 Å². The Kier molecular flexibility index (Phi) is 3.93. The Morgan fingerprint density at radius 2 is 2.08 bits per heavy atom. The molecule has 0 aromatic rings. The molecule has 1 aliphatic rings. The third-order valence-corrected chi connectivity index (χ3v) is 3.02. The minimum atomic E-state index is 0.562. The normalized spacial score (nSPS) is 27.7. The van der Waals surface area contributed by atoms with Crippen LogP contribution >= 0.6 is 12.2 Å². The summed E-state index contributed by atoms with van der Waals surface area (Å²) in [4.78, 5) is 2.30. The zero-order valence-electron chi connectivity index (χ0n) is 8.63. The first-order chi connectivity index (χ1) is 6.13. The van der Waals surface area contributed by atoms with Crippen molar-refractivity contribution >= 4 is 17.3 Å². The number of hydrogen-bond donors (Lipinski definition) is 2. The number of thiocarbonyl (C=S) groups is 1. The van der Waals surface area contributed by atoms with E-state index in [0.717, 1.165) is 11.2 Å². The van der Waals surface area contributed by atoms with Gasteiger partial charge in [0.15, 0.2) is 5.11 Å². The highest BCUT2D eigenvalue weighted by Gasteiger charge is 2.25. The summed E-state index contributed by atoms with van der Waals surface area (Å²) in [5.41, 5.74) is 0. The summed E-state index contributed by atoms with van der Waals surface area (Å²) in [6.07, 6.45) is 3.70. The highest BCUT2D eigenvalue weighted by atomic mass is 32.1. The van der Waals surface area contributed by atoms with E-state index in [2.05, 4.69) is 29.6 Å².